The molecule has 124 valence electrons. The molecule has 2 rings (SSSR count). The highest BCUT2D eigenvalue weighted by molar-refractivity contribution is 4.94. The third-order valence-corrected chi connectivity index (χ3v) is 4.93. The molecule has 0 aromatic rings. The topological polar surface area (TPSA) is 47.9 Å². The lowest BCUT2D eigenvalue weighted by Crippen LogP contribution is -2.51. The molecule has 3 atom stereocenters. The Hall–Kier alpha value is -0.160. The second-order valence-corrected chi connectivity index (χ2v) is 7.63. The Balaban J connectivity index is 2.04. The van der Waals surface area contributed by atoms with E-state index in [4.69, 9.17) is 14.2 Å². The quantitative estimate of drug-likeness (QED) is 0.867. The van der Waals surface area contributed by atoms with Crippen molar-refractivity contribution in [2.45, 2.75) is 71.2 Å². The smallest absolute Gasteiger partial charge is 0.0884 e. The molecule has 2 aliphatic rings. The van der Waals surface area contributed by atoms with E-state index in [9.17, 15) is 5.11 Å². The molecular formula is C17H32O4. The van der Waals surface area contributed by atoms with Crippen LogP contribution in [-0.4, -0.2) is 49.3 Å². The second-order valence-electron chi connectivity index (χ2n) is 7.63. The van der Waals surface area contributed by atoms with Crippen LogP contribution in [0.4, 0.5) is 0 Å². The van der Waals surface area contributed by atoms with E-state index in [-0.39, 0.29) is 23.0 Å². The molecule has 2 saturated heterocycles. The first-order valence-electron chi connectivity index (χ1n) is 8.39. The Bertz CT molecular complexity index is 312. The summed E-state index contributed by atoms with van der Waals surface area (Å²) in [5.74, 6) is 0.257. The lowest BCUT2D eigenvalue weighted by atomic mass is 9.73. The van der Waals surface area contributed by atoms with Crippen molar-refractivity contribution in [2.24, 2.45) is 11.3 Å². The van der Waals surface area contributed by atoms with Gasteiger partial charge in [-0.25, -0.2) is 0 Å². The van der Waals surface area contributed by atoms with E-state index in [1.807, 2.05) is 6.92 Å². The first-order chi connectivity index (χ1) is 9.88. The van der Waals surface area contributed by atoms with Gasteiger partial charge >= 0.3 is 0 Å². The van der Waals surface area contributed by atoms with Gasteiger partial charge in [0.15, 0.2) is 0 Å². The summed E-state index contributed by atoms with van der Waals surface area (Å²) in [7, 11) is 0. The number of aliphatic hydroxyl groups is 1. The summed E-state index contributed by atoms with van der Waals surface area (Å²) < 4.78 is 17.4. The van der Waals surface area contributed by atoms with E-state index in [0.717, 1.165) is 45.5 Å². The lowest BCUT2D eigenvalue weighted by molar-refractivity contribution is -0.179. The summed E-state index contributed by atoms with van der Waals surface area (Å²) in [5.41, 5.74) is -0.132. The summed E-state index contributed by atoms with van der Waals surface area (Å²) in [4.78, 5) is 0. The largest absolute Gasteiger partial charge is 0.390 e. The normalized spacial score (nSPS) is 29.3. The zero-order valence-electron chi connectivity index (χ0n) is 14.1. The second kappa shape index (κ2) is 6.95. The highest BCUT2D eigenvalue weighted by Crippen LogP contribution is 2.40. The maximum Gasteiger partial charge on any atom is 0.0884 e. The third kappa shape index (κ3) is 4.19. The fraction of sp³-hybridized carbons (Fsp3) is 1.00. The van der Waals surface area contributed by atoms with E-state index in [1.54, 1.807) is 0 Å². The van der Waals surface area contributed by atoms with Crippen molar-refractivity contribution < 1.29 is 19.3 Å². The molecule has 4 heteroatoms. The summed E-state index contributed by atoms with van der Waals surface area (Å²) in [6, 6.07) is 0. The molecule has 0 aliphatic carbocycles. The van der Waals surface area contributed by atoms with E-state index in [2.05, 4.69) is 20.8 Å². The zero-order chi connectivity index (χ0) is 15.5. The number of aliphatic hydroxyl groups excluding tert-OH is 1. The molecule has 0 aromatic heterocycles. The molecule has 21 heavy (non-hydrogen) atoms. The van der Waals surface area contributed by atoms with E-state index in [1.165, 1.54) is 0 Å². The van der Waals surface area contributed by atoms with Gasteiger partial charge in [-0.05, 0) is 43.9 Å². The average Bonchev–Trinajstić information content (AvgIpc) is 2.44. The summed E-state index contributed by atoms with van der Waals surface area (Å²) in [6.07, 6.45) is 3.20. The predicted octanol–water partition coefficient (Wildman–Crippen LogP) is 2.77. The molecule has 0 radical (unpaired) electrons. The standard InChI is InChI=1S/C17H32O4/c1-5-20-15(16(2,3)4)14(18)13-6-9-21-17(12-13)7-10-19-11-8-17/h13-15,18H,5-12H2,1-4H3. The van der Waals surface area contributed by atoms with Crippen molar-refractivity contribution in [3.8, 4) is 0 Å². The van der Waals surface area contributed by atoms with Crippen molar-refractivity contribution in [3.63, 3.8) is 0 Å². The Morgan fingerprint density at radius 3 is 2.48 bits per heavy atom. The van der Waals surface area contributed by atoms with Crippen LogP contribution in [0.2, 0.25) is 0 Å². The molecule has 1 spiro atoms. The molecule has 3 unspecified atom stereocenters. The maximum atomic E-state index is 10.9. The predicted molar refractivity (Wildman–Crippen MR) is 82.3 cm³/mol. The van der Waals surface area contributed by atoms with Crippen LogP contribution in [0.3, 0.4) is 0 Å². The van der Waals surface area contributed by atoms with Gasteiger partial charge in [-0.2, -0.15) is 0 Å². The molecule has 1 N–H and O–H groups in total. The molecule has 0 saturated carbocycles. The lowest BCUT2D eigenvalue weighted by Gasteiger charge is -2.46. The van der Waals surface area contributed by atoms with Crippen molar-refractivity contribution in [2.75, 3.05) is 26.4 Å². The van der Waals surface area contributed by atoms with Crippen molar-refractivity contribution in [1.29, 1.82) is 0 Å². The number of hydrogen-bond donors (Lipinski definition) is 1. The zero-order valence-corrected chi connectivity index (χ0v) is 14.1. The van der Waals surface area contributed by atoms with Gasteiger partial charge in [0, 0.05) is 26.4 Å². The summed E-state index contributed by atoms with van der Waals surface area (Å²) >= 11 is 0. The summed E-state index contributed by atoms with van der Waals surface area (Å²) in [6.45, 7) is 11.3. The Morgan fingerprint density at radius 1 is 1.24 bits per heavy atom. The number of rotatable bonds is 4. The first-order valence-corrected chi connectivity index (χ1v) is 8.39. The fourth-order valence-electron chi connectivity index (χ4n) is 3.74. The van der Waals surface area contributed by atoms with Crippen LogP contribution in [0.1, 0.15) is 53.4 Å². The molecule has 0 aromatic carbocycles. The molecule has 2 heterocycles. The minimum atomic E-state index is -0.423. The van der Waals surface area contributed by atoms with Crippen LogP contribution in [0.15, 0.2) is 0 Å². The first kappa shape index (κ1) is 17.2. The van der Waals surface area contributed by atoms with Crippen LogP contribution in [0.5, 0.6) is 0 Å². The molecule has 2 aliphatic heterocycles. The fourth-order valence-corrected chi connectivity index (χ4v) is 3.74. The number of hydrogen-bond acceptors (Lipinski definition) is 4. The Kier molecular flexibility index (Phi) is 5.69. The Labute approximate surface area is 129 Å². The highest BCUT2D eigenvalue weighted by Gasteiger charge is 2.44. The van der Waals surface area contributed by atoms with Gasteiger partial charge in [0.2, 0.25) is 0 Å². The van der Waals surface area contributed by atoms with Gasteiger partial charge in [-0.15, -0.1) is 0 Å². The van der Waals surface area contributed by atoms with Gasteiger partial charge in [-0.3, -0.25) is 0 Å². The van der Waals surface area contributed by atoms with Gasteiger partial charge < -0.3 is 19.3 Å². The molecule has 0 amide bonds. The average molecular weight is 300 g/mol. The van der Waals surface area contributed by atoms with Crippen LogP contribution >= 0.6 is 0 Å². The Morgan fingerprint density at radius 2 is 1.90 bits per heavy atom. The van der Waals surface area contributed by atoms with Gasteiger partial charge in [0.1, 0.15) is 0 Å². The van der Waals surface area contributed by atoms with Crippen LogP contribution in [0, 0.1) is 11.3 Å². The van der Waals surface area contributed by atoms with Gasteiger partial charge in [-0.1, -0.05) is 20.8 Å². The van der Waals surface area contributed by atoms with Crippen LogP contribution in [0.25, 0.3) is 0 Å². The number of ether oxygens (including phenoxy) is 3. The van der Waals surface area contributed by atoms with E-state index >= 15 is 0 Å². The van der Waals surface area contributed by atoms with E-state index in [0.29, 0.717) is 6.61 Å². The minimum Gasteiger partial charge on any atom is -0.390 e. The highest BCUT2D eigenvalue weighted by atomic mass is 16.5. The molecular weight excluding hydrogens is 268 g/mol. The van der Waals surface area contributed by atoms with Gasteiger partial charge in [0.25, 0.3) is 0 Å². The van der Waals surface area contributed by atoms with E-state index < -0.39 is 6.10 Å². The summed E-state index contributed by atoms with van der Waals surface area (Å²) in [5, 5.41) is 10.9. The van der Waals surface area contributed by atoms with Crippen molar-refractivity contribution >= 4 is 0 Å². The monoisotopic (exact) mass is 300 g/mol. The van der Waals surface area contributed by atoms with Crippen LogP contribution in [-0.2, 0) is 14.2 Å². The van der Waals surface area contributed by atoms with Crippen LogP contribution < -0.4 is 0 Å². The maximum absolute atomic E-state index is 10.9. The third-order valence-electron chi connectivity index (χ3n) is 4.93. The molecule has 2 fully saturated rings. The molecule has 0 bridgehead atoms. The SMILES string of the molecule is CCOC(C(O)C1CCOC2(CCOCC2)C1)C(C)(C)C. The molecule has 4 nitrogen and oxygen atoms in total. The van der Waals surface area contributed by atoms with Gasteiger partial charge in [0.05, 0.1) is 17.8 Å². The minimum absolute atomic E-state index is 0.0590. The van der Waals surface area contributed by atoms with Crippen molar-refractivity contribution in [3.05, 3.63) is 0 Å². The van der Waals surface area contributed by atoms with Crippen molar-refractivity contribution in [1.82, 2.24) is 0 Å².